The summed E-state index contributed by atoms with van der Waals surface area (Å²) in [5.74, 6) is -0.101. The van der Waals surface area contributed by atoms with E-state index in [4.69, 9.17) is 4.74 Å². The quantitative estimate of drug-likeness (QED) is 0.591. The highest BCUT2D eigenvalue weighted by Crippen LogP contribution is 2.00. The average molecular weight is 272 g/mol. The maximum Gasteiger partial charge on any atom is 0.311 e. The number of hydrogen-bond acceptors (Lipinski definition) is 2. The Balaban J connectivity index is 0.00000289. The Labute approximate surface area is 115 Å². The predicted octanol–water partition coefficient (Wildman–Crippen LogP) is -1.86. The van der Waals surface area contributed by atoms with Crippen molar-refractivity contribution in [1.82, 2.24) is 0 Å². The van der Waals surface area contributed by atoms with Crippen LogP contribution in [-0.4, -0.2) is 25.2 Å². The van der Waals surface area contributed by atoms with Crippen LogP contribution >= 0.6 is 0 Å². The van der Waals surface area contributed by atoms with E-state index in [9.17, 15) is 4.79 Å². The van der Waals surface area contributed by atoms with Crippen molar-refractivity contribution in [2.45, 2.75) is 32.7 Å². The molecule has 0 radical (unpaired) electrons. The first-order valence-electron chi connectivity index (χ1n) is 6.25. The van der Waals surface area contributed by atoms with E-state index in [1.54, 1.807) is 0 Å². The number of carbonyl (C=O) groups excluding carboxylic acids is 1. The van der Waals surface area contributed by atoms with E-state index < -0.39 is 0 Å². The molecular weight excluding hydrogens is 250 g/mol. The molecule has 0 aliphatic rings. The number of benzene rings is 1. The number of esters is 1. The summed E-state index contributed by atoms with van der Waals surface area (Å²) in [6.45, 7) is 5.28. The monoisotopic (exact) mass is 271 g/mol. The Hall–Kier alpha value is -1.06. The van der Waals surface area contributed by atoms with Gasteiger partial charge >= 0.3 is 5.97 Å². The van der Waals surface area contributed by atoms with Gasteiger partial charge in [-0.15, -0.1) is 0 Å². The molecule has 1 aromatic carbocycles. The van der Waals surface area contributed by atoms with E-state index in [1.165, 1.54) is 5.56 Å². The standard InChI is InChI=1S/C14H21NO2.ClH/c1-3-17-14(16)9-10-15-12(2)11-13-7-5-4-6-8-13;/h4-8,12,15H,3,9-11H2,1-2H3;1H. The van der Waals surface area contributed by atoms with Crippen LogP contribution in [0.25, 0.3) is 0 Å². The maximum atomic E-state index is 11.1. The molecule has 0 aliphatic heterocycles. The zero-order valence-electron chi connectivity index (χ0n) is 11.1. The first kappa shape index (κ1) is 16.9. The molecule has 0 spiro atoms. The largest absolute Gasteiger partial charge is 1.00 e. The minimum atomic E-state index is -0.101. The molecule has 0 aromatic heterocycles. The van der Waals surface area contributed by atoms with Crippen molar-refractivity contribution in [1.29, 1.82) is 0 Å². The van der Waals surface area contributed by atoms with Crippen LogP contribution in [0.4, 0.5) is 0 Å². The van der Waals surface area contributed by atoms with Gasteiger partial charge in [0.15, 0.2) is 0 Å². The van der Waals surface area contributed by atoms with E-state index in [1.807, 2.05) is 13.0 Å². The summed E-state index contributed by atoms with van der Waals surface area (Å²) in [4.78, 5) is 11.1. The topological polar surface area (TPSA) is 42.9 Å². The normalized spacial score (nSPS) is 11.4. The van der Waals surface area contributed by atoms with Gasteiger partial charge in [-0.2, -0.15) is 0 Å². The Morgan fingerprint density at radius 2 is 2.00 bits per heavy atom. The van der Waals surface area contributed by atoms with Gasteiger partial charge < -0.3 is 22.5 Å². The summed E-state index contributed by atoms with van der Waals surface area (Å²) in [5.41, 5.74) is 1.34. The van der Waals surface area contributed by atoms with Crippen molar-refractivity contribution in [3.05, 3.63) is 35.9 Å². The van der Waals surface area contributed by atoms with Crippen LogP contribution in [0.15, 0.2) is 30.3 Å². The van der Waals surface area contributed by atoms with Crippen LogP contribution in [0.3, 0.4) is 0 Å². The van der Waals surface area contributed by atoms with E-state index in [0.717, 1.165) is 13.0 Å². The van der Waals surface area contributed by atoms with Crippen LogP contribution in [0.1, 0.15) is 25.8 Å². The number of quaternary nitrogens is 1. The minimum Gasteiger partial charge on any atom is -1.00 e. The highest BCUT2D eigenvalue weighted by atomic mass is 35.5. The van der Waals surface area contributed by atoms with E-state index in [0.29, 0.717) is 19.1 Å². The van der Waals surface area contributed by atoms with Crippen LogP contribution in [0.5, 0.6) is 0 Å². The van der Waals surface area contributed by atoms with Gasteiger partial charge in [-0.25, -0.2) is 0 Å². The lowest BCUT2D eigenvalue weighted by Crippen LogP contribution is -3.00. The Kier molecular flexibility index (Phi) is 9.33. The van der Waals surface area contributed by atoms with E-state index in [-0.39, 0.29) is 18.4 Å². The van der Waals surface area contributed by atoms with Crippen LogP contribution in [-0.2, 0) is 16.0 Å². The number of carbonyl (C=O) groups is 1. The van der Waals surface area contributed by atoms with Crippen LogP contribution < -0.4 is 17.7 Å². The Morgan fingerprint density at radius 1 is 1.33 bits per heavy atom. The highest BCUT2D eigenvalue weighted by molar-refractivity contribution is 5.69. The number of hydrogen-bond donors (Lipinski definition) is 1. The third-order valence-corrected chi connectivity index (χ3v) is 2.62. The molecule has 102 valence electrons. The van der Waals surface area contributed by atoms with Gasteiger partial charge in [-0.1, -0.05) is 30.3 Å². The number of rotatable bonds is 7. The van der Waals surface area contributed by atoms with Crippen molar-refractivity contribution in [2.24, 2.45) is 0 Å². The Morgan fingerprint density at radius 3 is 2.61 bits per heavy atom. The van der Waals surface area contributed by atoms with Crippen molar-refractivity contribution < 1.29 is 27.3 Å². The first-order valence-corrected chi connectivity index (χ1v) is 6.25. The molecule has 0 saturated heterocycles. The SMILES string of the molecule is CCOC(=O)CC[NH2+]C(C)Cc1ccccc1.[Cl-]. The summed E-state index contributed by atoms with van der Waals surface area (Å²) in [7, 11) is 0. The van der Waals surface area contributed by atoms with Crippen molar-refractivity contribution in [2.75, 3.05) is 13.2 Å². The molecule has 0 saturated carbocycles. The fraction of sp³-hybridized carbons (Fsp3) is 0.500. The number of ether oxygens (including phenoxy) is 1. The first-order chi connectivity index (χ1) is 8.22. The lowest BCUT2D eigenvalue weighted by Gasteiger charge is -2.10. The second-order valence-corrected chi connectivity index (χ2v) is 4.25. The zero-order chi connectivity index (χ0) is 12.5. The molecular formula is C14H22ClNO2. The molecule has 0 fully saturated rings. The Bertz CT molecular complexity index is 330. The molecule has 0 bridgehead atoms. The van der Waals surface area contributed by atoms with Gasteiger partial charge in [0, 0.05) is 6.42 Å². The average Bonchev–Trinajstić information content (AvgIpc) is 2.30. The summed E-state index contributed by atoms with van der Waals surface area (Å²) < 4.78 is 4.88. The van der Waals surface area contributed by atoms with Gasteiger partial charge in [-0.05, 0) is 19.4 Å². The lowest BCUT2D eigenvalue weighted by atomic mass is 10.1. The molecule has 4 heteroatoms. The number of halogens is 1. The highest BCUT2D eigenvalue weighted by Gasteiger charge is 2.08. The summed E-state index contributed by atoms with van der Waals surface area (Å²) >= 11 is 0. The fourth-order valence-corrected chi connectivity index (χ4v) is 1.79. The van der Waals surface area contributed by atoms with Crippen LogP contribution in [0, 0.1) is 0 Å². The molecule has 1 rings (SSSR count). The lowest BCUT2D eigenvalue weighted by molar-refractivity contribution is -0.684. The van der Waals surface area contributed by atoms with Crippen LogP contribution in [0.2, 0.25) is 0 Å². The fourth-order valence-electron chi connectivity index (χ4n) is 1.79. The van der Waals surface area contributed by atoms with E-state index in [2.05, 4.69) is 36.5 Å². The molecule has 2 N–H and O–H groups in total. The van der Waals surface area contributed by atoms with Gasteiger partial charge in [0.25, 0.3) is 0 Å². The molecule has 0 aliphatic carbocycles. The molecule has 0 amide bonds. The van der Waals surface area contributed by atoms with Crippen molar-refractivity contribution >= 4 is 5.97 Å². The minimum absolute atomic E-state index is 0. The van der Waals surface area contributed by atoms with Gasteiger partial charge in [0.1, 0.15) is 0 Å². The molecule has 3 nitrogen and oxygen atoms in total. The molecule has 1 aromatic rings. The molecule has 1 unspecified atom stereocenters. The molecule has 1 atom stereocenters. The second kappa shape index (κ2) is 9.92. The smallest absolute Gasteiger partial charge is 0.311 e. The third kappa shape index (κ3) is 7.30. The molecule has 18 heavy (non-hydrogen) atoms. The van der Waals surface area contributed by atoms with Gasteiger partial charge in [-0.3, -0.25) is 4.79 Å². The zero-order valence-corrected chi connectivity index (χ0v) is 11.8. The third-order valence-electron chi connectivity index (χ3n) is 2.62. The summed E-state index contributed by atoms with van der Waals surface area (Å²) in [5, 5.41) is 2.20. The maximum absolute atomic E-state index is 11.1. The number of nitrogens with two attached hydrogens (primary N) is 1. The van der Waals surface area contributed by atoms with Gasteiger partial charge in [0.05, 0.1) is 25.6 Å². The van der Waals surface area contributed by atoms with Gasteiger partial charge in [0.2, 0.25) is 0 Å². The van der Waals surface area contributed by atoms with E-state index >= 15 is 0 Å². The summed E-state index contributed by atoms with van der Waals surface area (Å²) in [6.07, 6.45) is 1.52. The second-order valence-electron chi connectivity index (χ2n) is 4.25. The van der Waals surface area contributed by atoms with Crippen molar-refractivity contribution in [3.63, 3.8) is 0 Å². The molecule has 0 heterocycles. The predicted molar refractivity (Wildman–Crippen MR) is 67.7 cm³/mol. The van der Waals surface area contributed by atoms with Crippen molar-refractivity contribution in [3.8, 4) is 0 Å². The summed E-state index contributed by atoms with van der Waals surface area (Å²) in [6, 6.07) is 10.9.